The van der Waals surface area contributed by atoms with E-state index in [4.69, 9.17) is 0 Å². The van der Waals surface area contributed by atoms with Crippen molar-refractivity contribution >= 4 is 27.7 Å². The van der Waals surface area contributed by atoms with Crippen LogP contribution in [-0.2, 0) is 18.4 Å². The van der Waals surface area contributed by atoms with Gasteiger partial charge in [0.2, 0.25) is 5.91 Å². The van der Waals surface area contributed by atoms with Crippen LogP contribution in [-0.4, -0.2) is 44.8 Å². The van der Waals surface area contributed by atoms with Crippen LogP contribution in [0.4, 0.5) is 0 Å². The molecule has 0 radical (unpaired) electrons. The number of aromatic nitrogens is 1. The first-order valence-electron chi connectivity index (χ1n) is 9.87. The average Bonchev–Trinajstić information content (AvgIpc) is 3.45. The van der Waals surface area contributed by atoms with Crippen molar-refractivity contribution in [2.45, 2.75) is 51.7 Å². The zero-order valence-electron chi connectivity index (χ0n) is 16.8. The molecular weight excluding hydrogens is 418 g/mol. The Hall–Kier alpha value is -2.08. The third kappa shape index (κ3) is 4.66. The van der Waals surface area contributed by atoms with Crippen molar-refractivity contribution < 1.29 is 9.59 Å². The lowest BCUT2D eigenvalue weighted by molar-refractivity contribution is -0.133. The summed E-state index contributed by atoms with van der Waals surface area (Å²) in [5, 5.41) is 0. The minimum Gasteiger partial charge on any atom is -0.353 e. The van der Waals surface area contributed by atoms with Crippen molar-refractivity contribution in [1.29, 1.82) is 0 Å². The van der Waals surface area contributed by atoms with E-state index in [1.165, 1.54) is 0 Å². The highest BCUT2D eigenvalue weighted by atomic mass is 79.9. The lowest BCUT2D eigenvalue weighted by atomic mass is 10.1. The summed E-state index contributed by atoms with van der Waals surface area (Å²) in [6.07, 6.45) is 4.87. The number of halogens is 1. The van der Waals surface area contributed by atoms with Gasteiger partial charge in [-0.15, -0.1) is 0 Å². The first kappa shape index (κ1) is 20.6. The van der Waals surface area contributed by atoms with Gasteiger partial charge in [0, 0.05) is 35.5 Å². The first-order valence-corrected chi connectivity index (χ1v) is 10.7. The van der Waals surface area contributed by atoms with Crippen LogP contribution in [0.5, 0.6) is 0 Å². The fraction of sp³-hybridized carbons (Fsp3) is 0.455. The minimum atomic E-state index is -0.107. The van der Waals surface area contributed by atoms with Crippen LogP contribution in [0, 0.1) is 0 Å². The highest BCUT2D eigenvalue weighted by Gasteiger charge is 2.35. The maximum absolute atomic E-state index is 13.2. The van der Waals surface area contributed by atoms with E-state index in [0.717, 1.165) is 29.4 Å². The van der Waals surface area contributed by atoms with Gasteiger partial charge in [0.1, 0.15) is 6.54 Å². The van der Waals surface area contributed by atoms with Crippen molar-refractivity contribution in [1.82, 2.24) is 14.4 Å². The van der Waals surface area contributed by atoms with E-state index in [-0.39, 0.29) is 24.4 Å². The van der Waals surface area contributed by atoms with Crippen molar-refractivity contribution in [3.63, 3.8) is 0 Å². The van der Waals surface area contributed by atoms with Crippen LogP contribution in [0.1, 0.15) is 49.2 Å². The molecule has 1 heterocycles. The maximum Gasteiger partial charge on any atom is 0.255 e. The minimum absolute atomic E-state index is 0.0142. The van der Waals surface area contributed by atoms with Gasteiger partial charge in [-0.25, -0.2) is 0 Å². The molecule has 0 saturated heterocycles. The van der Waals surface area contributed by atoms with E-state index in [1.54, 1.807) is 11.0 Å². The Kier molecular flexibility index (Phi) is 6.60. The Morgan fingerprint density at radius 1 is 1.21 bits per heavy atom. The van der Waals surface area contributed by atoms with Gasteiger partial charge in [0.15, 0.2) is 0 Å². The number of aryl methyl sites for hydroxylation is 1. The standard InChI is InChI=1S/C22H28BrN3O2/c1-4-16(2)25(22(28)19-9-5-6-10-20(19)23)15-21(27)26(17-11-12-17)14-18-8-7-13-24(18)3/h5-10,13,16-17H,4,11-12,14-15H2,1-3H3. The number of benzene rings is 1. The molecule has 0 spiro atoms. The number of carbonyl (C=O) groups excluding carboxylic acids is 2. The van der Waals surface area contributed by atoms with Gasteiger partial charge < -0.3 is 14.4 Å². The molecule has 28 heavy (non-hydrogen) atoms. The van der Waals surface area contributed by atoms with Crippen LogP contribution < -0.4 is 0 Å². The molecule has 2 aromatic rings. The Labute approximate surface area is 175 Å². The highest BCUT2D eigenvalue weighted by molar-refractivity contribution is 9.10. The summed E-state index contributed by atoms with van der Waals surface area (Å²) in [4.78, 5) is 30.1. The molecule has 1 fully saturated rings. The fourth-order valence-electron chi connectivity index (χ4n) is 3.32. The van der Waals surface area contributed by atoms with Gasteiger partial charge in [0.25, 0.3) is 5.91 Å². The van der Waals surface area contributed by atoms with Crippen LogP contribution in [0.3, 0.4) is 0 Å². The number of hydrogen-bond acceptors (Lipinski definition) is 2. The van der Waals surface area contributed by atoms with Crippen molar-refractivity contribution in [3.8, 4) is 0 Å². The second kappa shape index (κ2) is 8.95. The first-order chi connectivity index (χ1) is 13.4. The third-order valence-electron chi connectivity index (χ3n) is 5.49. The smallest absolute Gasteiger partial charge is 0.255 e. The second-order valence-electron chi connectivity index (χ2n) is 7.53. The molecule has 3 rings (SSSR count). The van der Waals surface area contributed by atoms with E-state index < -0.39 is 0 Å². The predicted octanol–water partition coefficient (Wildman–Crippen LogP) is 4.22. The van der Waals surface area contributed by atoms with Gasteiger partial charge in [-0.1, -0.05) is 19.1 Å². The molecule has 1 aromatic carbocycles. The van der Waals surface area contributed by atoms with Crippen LogP contribution in [0.15, 0.2) is 47.1 Å². The van der Waals surface area contributed by atoms with Gasteiger partial charge in [0.05, 0.1) is 12.1 Å². The molecule has 1 unspecified atom stereocenters. The van der Waals surface area contributed by atoms with Crippen LogP contribution in [0.2, 0.25) is 0 Å². The molecular formula is C22H28BrN3O2. The lowest BCUT2D eigenvalue weighted by Gasteiger charge is -2.31. The normalized spacial score (nSPS) is 14.6. The van der Waals surface area contributed by atoms with E-state index in [9.17, 15) is 9.59 Å². The van der Waals surface area contributed by atoms with Gasteiger partial charge in [-0.3, -0.25) is 9.59 Å². The molecule has 0 bridgehead atoms. The molecule has 1 aliphatic rings. The predicted molar refractivity (Wildman–Crippen MR) is 114 cm³/mol. The lowest BCUT2D eigenvalue weighted by Crippen LogP contribution is -2.47. The van der Waals surface area contributed by atoms with Crippen molar-refractivity contribution in [3.05, 3.63) is 58.3 Å². The van der Waals surface area contributed by atoms with E-state index >= 15 is 0 Å². The van der Waals surface area contributed by atoms with Gasteiger partial charge >= 0.3 is 0 Å². The van der Waals surface area contributed by atoms with E-state index in [1.807, 2.05) is 66.9 Å². The molecule has 0 aliphatic heterocycles. The molecule has 1 aliphatic carbocycles. The Morgan fingerprint density at radius 2 is 1.93 bits per heavy atom. The number of nitrogens with zero attached hydrogens (tertiary/aromatic N) is 3. The van der Waals surface area contributed by atoms with Crippen molar-refractivity contribution in [2.24, 2.45) is 7.05 Å². The number of carbonyl (C=O) groups is 2. The van der Waals surface area contributed by atoms with Gasteiger partial charge in [-0.05, 0) is 66.4 Å². The third-order valence-corrected chi connectivity index (χ3v) is 6.18. The Balaban J connectivity index is 1.79. The molecule has 150 valence electrons. The molecule has 1 saturated carbocycles. The van der Waals surface area contributed by atoms with E-state index in [0.29, 0.717) is 18.2 Å². The van der Waals surface area contributed by atoms with Gasteiger partial charge in [-0.2, -0.15) is 0 Å². The Bertz CT molecular complexity index is 844. The summed E-state index contributed by atoms with van der Waals surface area (Å²) in [6.45, 7) is 4.74. The second-order valence-corrected chi connectivity index (χ2v) is 8.39. The largest absolute Gasteiger partial charge is 0.353 e. The summed E-state index contributed by atoms with van der Waals surface area (Å²) in [7, 11) is 1.99. The highest BCUT2D eigenvalue weighted by Crippen LogP contribution is 2.29. The van der Waals surface area contributed by atoms with Crippen molar-refractivity contribution in [2.75, 3.05) is 6.54 Å². The number of rotatable bonds is 8. The maximum atomic E-state index is 13.2. The van der Waals surface area contributed by atoms with Crippen LogP contribution in [0.25, 0.3) is 0 Å². The zero-order valence-corrected chi connectivity index (χ0v) is 18.4. The summed E-state index contributed by atoms with van der Waals surface area (Å²) in [6, 6.07) is 11.7. The quantitative estimate of drug-likeness (QED) is 0.610. The summed E-state index contributed by atoms with van der Waals surface area (Å²) in [5.74, 6) is -0.0887. The number of hydrogen-bond donors (Lipinski definition) is 0. The molecule has 1 aromatic heterocycles. The average molecular weight is 446 g/mol. The summed E-state index contributed by atoms with van der Waals surface area (Å²) >= 11 is 3.47. The topological polar surface area (TPSA) is 45.6 Å². The molecule has 1 atom stereocenters. The summed E-state index contributed by atoms with van der Waals surface area (Å²) in [5.41, 5.74) is 1.70. The molecule has 0 N–H and O–H groups in total. The molecule has 5 nitrogen and oxygen atoms in total. The van der Waals surface area contributed by atoms with Crippen LogP contribution >= 0.6 is 15.9 Å². The summed E-state index contributed by atoms with van der Waals surface area (Å²) < 4.78 is 2.80. The zero-order chi connectivity index (χ0) is 20.3. The molecule has 6 heteroatoms. The SMILES string of the molecule is CCC(C)N(CC(=O)N(Cc1cccn1C)C1CC1)C(=O)c1ccccc1Br. The Morgan fingerprint density at radius 3 is 2.50 bits per heavy atom. The van der Waals surface area contributed by atoms with E-state index in [2.05, 4.69) is 15.9 Å². The fourth-order valence-corrected chi connectivity index (χ4v) is 3.77. The molecule has 2 amide bonds. The number of amides is 2. The monoisotopic (exact) mass is 445 g/mol.